The molecule has 28 heavy (non-hydrogen) atoms. The van der Waals surface area contributed by atoms with Crippen LogP contribution in [0.4, 0.5) is 4.79 Å². The van der Waals surface area contributed by atoms with Gasteiger partial charge in [-0.05, 0) is 45.1 Å². The molecule has 0 aromatic heterocycles. The SMILES string of the molecule is COC(=O)N1C=C(C(=O)N2CC[C@H]3CC[C@@H](O)[C@H]32)C=C[C@H]1C(C)(C)C(=O)OC. The van der Waals surface area contributed by atoms with Crippen molar-refractivity contribution in [2.75, 3.05) is 20.8 Å². The molecule has 154 valence electrons. The van der Waals surface area contributed by atoms with Crippen molar-refractivity contribution in [3.63, 3.8) is 0 Å². The third-order valence-electron chi connectivity index (χ3n) is 6.19. The molecule has 8 heteroatoms. The van der Waals surface area contributed by atoms with E-state index in [0.29, 0.717) is 24.5 Å². The maximum Gasteiger partial charge on any atom is 0.414 e. The summed E-state index contributed by atoms with van der Waals surface area (Å²) >= 11 is 0. The van der Waals surface area contributed by atoms with Crippen molar-refractivity contribution in [3.05, 3.63) is 23.9 Å². The number of aliphatic hydroxyl groups excluding tert-OH is 1. The van der Waals surface area contributed by atoms with Gasteiger partial charge < -0.3 is 19.5 Å². The van der Waals surface area contributed by atoms with Crippen molar-refractivity contribution in [1.82, 2.24) is 9.80 Å². The summed E-state index contributed by atoms with van der Waals surface area (Å²) in [5, 5.41) is 10.3. The van der Waals surface area contributed by atoms with Gasteiger partial charge in [0.2, 0.25) is 0 Å². The molecule has 0 aromatic carbocycles. The van der Waals surface area contributed by atoms with Crippen LogP contribution in [0.5, 0.6) is 0 Å². The van der Waals surface area contributed by atoms with Gasteiger partial charge in [0.05, 0.1) is 43.4 Å². The maximum atomic E-state index is 13.1. The van der Waals surface area contributed by atoms with Crippen LogP contribution >= 0.6 is 0 Å². The second-order valence-electron chi connectivity index (χ2n) is 8.16. The number of amides is 2. The average molecular weight is 392 g/mol. The van der Waals surface area contributed by atoms with Crippen molar-refractivity contribution >= 4 is 18.0 Å². The first-order valence-electron chi connectivity index (χ1n) is 9.56. The summed E-state index contributed by atoms with van der Waals surface area (Å²) in [7, 11) is 2.54. The molecule has 2 aliphatic heterocycles. The molecule has 0 spiro atoms. The Labute approximate surface area is 164 Å². The number of hydrogen-bond acceptors (Lipinski definition) is 6. The Morgan fingerprint density at radius 1 is 1.14 bits per heavy atom. The van der Waals surface area contributed by atoms with E-state index in [0.717, 1.165) is 12.8 Å². The lowest BCUT2D eigenvalue weighted by atomic mass is 9.82. The summed E-state index contributed by atoms with van der Waals surface area (Å²) in [6.07, 6.45) is 6.04. The zero-order valence-electron chi connectivity index (χ0n) is 16.8. The topological polar surface area (TPSA) is 96.4 Å². The number of aliphatic hydroxyl groups is 1. The number of nitrogens with zero attached hydrogens (tertiary/aromatic N) is 2. The summed E-state index contributed by atoms with van der Waals surface area (Å²) in [6.45, 7) is 3.93. The summed E-state index contributed by atoms with van der Waals surface area (Å²) in [5.74, 6) is -0.376. The molecule has 0 radical (unpaired) electrons. The summed E-state index contributed by atoms with van der Waals surface area (Å²) in [5.41, 5.74) is -0.715. The van der Waals surface area contributed by atoms with Gasteiger partial charge in [-0.3, -0.25) is 14.5 Å². The van der Waals surface area contributed by atoms with Gasteiger partial charge in [-0.2, -0.15) is 0 Å². The molecule has 2 fully saturated rings. The number of esters is 1. The zero-order chi connectivity index (χ0) is 20.6. The summed E-state index contributed by atoms with van der Waals surface area (Å²) in [4.78, 5) is 40.7. The molecule has 1 saturated heterocycles. The highest BCUT2D eigenvalue weighted by molar-refractivity contribution is 5.97. The van der Waals surface area contributed by atoms with Gasteiger partial charge in [0.25, 0.3) is 5.91 Å². The molecule has 1 N–H and O–H groups in total. The van der Waals surface area contributed by atoms with Crippen LogP contribution in [0.15, 0.2) is 23.9 Å². The Hall–Kier alpha value is -2.35. The summed E-state index contributed by atoms with van der Waals surface area (Å²) in [6, 6.07) is -0.829. The van der Waals surface area contributed by atoms with E-state index >= 15 is 0 Å². The number of ether oxygens (including phenoxy) is 2. The van der Waals surface area contributed by atoms with Gasteiger partial charge in [-0.1, -0.05) is 6.08 Å². The number of carbonyl (C=O) groups excluding carboxylic acids is 3. The minimum Gasteiger partial charge on any atom is -0.469 e. The average Bonchev–Trinajstić information content (AvgIpc) is 3.28. The molecule has 3 rings (SSSR count). The second kappa shape index (κ2) is 7.58. The number of likely N-dealkylation sites (tertiary alicyclic amines) is 1. The first-order valence-corrected chi connectivity index (χ1v) is 9.56. The lowest BCUT2D eigenvalue weighted by molar-refractivity contribution is -0.152. The fourth-order valence-corrected chi connectivity index (χ4v) is 4.61. The van der Waals surface area contributed by atoms with Crippen molar-refractivity contribution < 1.29 is 29.0 Å². The first kappa shape index (κ1) is 20.4. The molecule has 4 atom stereocenters. The molecule has 1 saturated carbocycles. The lowest BCUT2D eigenvalue weighted by Gasteiger charge is -2.38. The molecule has 3 aliphatic rings. The minimum absolute atomic E-state index is 0.169. The molecule has 0 unspecified atom stereocenters. The number of carbonyl (C=O) groups is 3. The van der Waals surface area contributed by atoms with E-state index in [1.165, 1.54) is 25.3 Å². The molecule has 2 amide bonds. The van der Waals surface area contributed by atoms with Crippen LogP contribution in [0.2, 0.25) is 0 Å². The van der Waals surface area contributed by atoms with Gasteiger partial charge in [-0.25, -0.2) is 4.79 Å². The smallest absolute Gasteiger partial charge is 0.414 e. The standard InChI is InChI=1S/C20H28N2O6/c1-20(2,18(25)27-3)15-8-6-13(11-22(15)19(26)28-4)17(24)21-10-9-12-5-7-14(23)16(12)21/h6,8,11-12,14-16,23H,5,7,9-10H2,1-4H3/t12-,14-,15+,16+/m1/s1. The maximum absolute atomic E-state index is 13.1. The van der Waals surface area contributed by atoms with Crippen molar-refractivity contribution in [2.24, 2.45) is 11.3 Å². The Morgan fingerprint density at radius 3 is 2.50 bits per heavy atom. The normalized spacial score (nSPS) is 29.4. The van der Waals surface area contributed by atoms with Crippen LogP contribution < -0.4 is 0 Å². The van der Waals surface area contributed by atoms with Crippen LogP contribution in [-0.4, -0.2) is 71.8 Å². The van der Waals surface area contributed by atoms with Crippen LogP contribution in [0.1, 0.15) is 33.1 Å². The van der Waals surface area contributed by atoms with Crippen LogP contribution in [0, 0.1) is 11.3 Å². The largest absolute Gasteiger partial charge is 0.469 e. The molecule has 0 aromatic rings. The molecular weight excluding hydrogens is 364 g/mol. The molecular formula is C20H28N2O6. The van der Waals surface area contributed by atoms with Crippen molar-refractivity contribution in [3.8, 4) is 0 Å². The number of rotatable bonds is 3. The van der Waals surface area contributed by atoms with E-state index in [1.54, 1.807) is 30.9 Å². The Balaban J connectivity index is 1.87. The van der Waals surface area contributed by atoms with Gasteiger partial charge in [0.1, 0.15) is 0 Å². The number of hydrogen-bond donors (Lipinski definition) is 1. The molecule has 1 aliphatic carbocycles. The Bertz CT molecular complexity index is 728. The molecule has 2 heterocycles. The third kappa shape index (κ3) is 3.30. The predicted octanol–water partition coefficient (Wildman–Crippen LogP) is 1.45. The van der Waals surface area contributed by atoms with E-state index in [9.17, 15) is 19.5 Å². The second-order valence-corrected chi connectivity index (χ2v) is 8.16. The molecule has 0 bridgehead atoms. The van der Waals surface area contributed by atoms with Crippen LogP contribution in [0.3, 0.4) is 0 Å². The number of methoxy groups -OCH3 is 2. The van der Waals surface area contributed by atoms with E-state index in [-0.39, 0.29) is 11.9 Å². The van der Waals surface area contributed by atoms with Crippen LogP contribution in [-0.2, 0) is 19.1 Å². The quantitative estimate of drug-likeness (QED) is 0.731. The highest BCUT2D eigenvalue weighted by Gasteiger charge is 2.47. The lowest BCUT2D eigenvalue weighted by Crippen LogP contribution is -2.50. The number of fused-ring (bicyclic) bond motifs is 1. The van der Waals surface area contributed by atoms with Crippen molar-refractivity contribution in [1.29, 1.82) is 0 Å². The highest BCUT2D eigenvalue weighted by atomic mass is 16.5. The minimum atomic E-state index is -1.04. The fraction of sp³-hybridized carbons (Fsp3) is 0.650. The van der Waals surface area contributed by atoms with Gasteiger partial charge in [-0.15, -0.1) is 0 Å². The van der Waals surface area contributed by atoms with Gasteiger partial charge in [0.15, 0.2) is 0 Å². The Kier molecular flexibility index (Phi) is 5.52. The molecule has 8 nitrogen and oxygen atoms in total. The third-order valence-corrected chi connectivity index (χ3v) is 6.19. The predicted molar refractivity (Wildman–Crippen MR) is 99.9 cm³/mol. The summed E-state index contributed by atoms with van der Waals surface area (Å²) < 4.78 is 9.73. The van der Waals surface area contributed by atoms with Gasteiger partial charge in [0, 0.05) is 12.7 Å². The van der Waals surface area contributed by atoms with Crippen molar-refractivity contribution in [2.45, 2.75) is 51.3 Å². The van der Waals surface area contributed by atoms with E-state index in [4.69, 9.17) is 9.47 Å². The monoisotopic (exact) mass is 392 g/mol. The van der Waals surface area contributed by atoms with E-state index < -0.39 is 29.6 Å². The first-order chi connectivity index (χ1) is 13.2. The van der Waals surface area contributed by atoms with Gasteiger partial charge >= 0.3 is 12.1 Å². The Morgan fingerprint density at radius 2 is 1.86 bits per heavy atom. The fourth-order valence-electron chi connectivity index (χ4n) is 4.61. The van der Waals surface area contributed by atoms with Crippen LogP contribution in [0.25, 0.3) is 0 Å². The van der Waals surface area contributed by atoms with E-state index in [2.05, 4.69) is 0 Å². The van der Waals surface area contributed by atoms with E-state index in [1.807, 2.05) is 0 Å². The highest BCUT2D eigenvalue weighted by Crippen LogP contribution is 2.39. The zero-order valence-corrected chi connectivity index (χ0v) is 16.8.